The van der Waals surface area contributed by atoms with E-state index in [0.29, 0.717) is 11.3 Å². The largest absolute Gasteiger partial charge is 0.355 e. The first-order chi connectivity index (χ1) is 11.1. The van der Waals surface area contributed by atoms with E-state index < -0.39 is 0 Å². The number of hydrogen-bond donors (Lipinski definition) is 3. The summed E-state index contributed by atoms with van der Waals surface area (Å²) in [4.78, 5) is 23.6. The van der Waals surface area contributed by atoms with Crippen LogP contribution in [0.2, 0.25) is 0 Å². The minimum atomic E-state index is -0.183. The lowest BCUT2D eigenvalue weighted by molar-refractivity contribution is -0.115. The van der Waals surface area contributed by atoms with Gasteiger partial charge in [-0.15, -0.1) is 0 Å². The Labute approximate surface area is 136 Å². The van der Waals surface area contributed by atoms with Gasteiger partial charge in [-0.1, -0.05) is 36.4 Å². The number of rotatable bonds is 6. The minimum absolute atomic E-state index is 0.0825. The zero-order valence-corrected chi connectivity index (χ0v) is 13.3. The SMILES string of the molecule is CNC(=O)c1cccc(NC(=O)CN[C@H](C)c2ccccc2)c1. The molecule has 0 aliphatic carbocycles. The van der Waals surface area contributed by atoms with Gasteiger partial charge in [-0.25, -0.2) is 0 Å². The Bertz CT molecular complexity index is 671. The van der Waals surface area contributed by atoms with Crippen LogP contribution in [0.1, 0.15) is 28.9 Å². The molecule has 0 radical (unpaired) electrons. The number of amides is 2. The minimum Gasteiger partial charge on any atom is -0.355 e. The molecule has 2 amide bonds. The van der Waals surface area contributed by atoms with Gasteiger partial charge in [0, 0.05) is 24.3 Å². The van der Waals surface area contributed by atoms with Gasteiger partial charge in [-0.3, -0.25) is 9.59 Å². The van der Waals surface area contributed by atoms with Gasteiger partial charge in [0.1, 0.15) is 0 Å². The van der Waals surface area contributed by atoms with Crippen molar-refractivity contribution < 1.29 is 9.59 Å². The van der Waals surface area contributed by atoms with Gasteiger partial charge in [0.2, 0.25) is 5.91 Å². The monoisotopic (exact) mass is 311 g/mol. The average molecular weight is 311 g/mol. The van der Waals surface area contributed by atoms with Crippen molar-refractivity contribution in [1.82, 2.24) is 10.6 Å². The van der Waals surface area contributed by atoms with E-state index in [-0.39, 0.29) is 24.4 Å². The quantitative estimate of drug-likeness (QED) is 0.767. The molecule has 0 aliphatic rings. The molecule has 23 heavy (non-hydrogen) atoms. The molecule has 120 valence electrons. The number of benzene rings is 2. The highest BCUT2D eigenvalue weighted by atomic mass is 16.2. The van der Waals surface area contributed by atoms with Crippen LogP contribution >= 0.6 is 0 Å². The van der Waals surface area contributed by atoms with Crippen LogP contribution in [-0.2, 0) is 4.79 Å². The zero-order chi connectivity index (χ0) is 16.7. The van der Waals surface area contributed by atoms with Gasteiger partial charge in [-0.05, 0) is 30.7 Å². The molecular weight excluding hydrogens is 290 g/mol. The fourth-order valence-corrected chi connectivity index (χ4v) is 2.19. The van der Waals surface area contributed by atoms with Gasteiger partial charge in [0.05, 0.1) is 6.54 Å². The van der Waals surface area contributed by atoms with E-state index in [2.05, 4.69) is 16.0 Å². The summed E-state index contributed by atoms with van der Waals surface area (Å²) >= 11 is 0. The smallest absolute Gasteiger partial charge is 0.251 e. The molecule has 5 nitrogen and oxygen atoms in total. The Morgan fingerprint density at radius 1 is 1.04 bits per heavy atom. The molecule has 2 aromatic carbocycles. The number of carbonyl (C=O) groups is 2. The Morgan fingerprint density at radius 2 is 1.78 bits per heavy atom. The number of nitrogens with one attached hydrogen (secondary N) is 3. The second-order valence-corrected chi connectivity index (χ2v) is 5.22. The van der Waals surface area contributed by atoms with E-state index in [9.17, 15) is 9.59 Å². The average Bonchev–Trinajstić information content (AvgIpc) is 2.60. The summed E-state index contributed by atoms with van der Waals surface area (Å²) in [6, 6.07) is 16.9. The van der Waals surface area contributed by atoms with Crippen LogP contribution < -0.4 is 16.0 Å². The molecule has 2 rings (SSSR count). The lowest BCUT2D eigenvalue weighted by Crippen LogP contribution is -2.30. The van der Waals surface area contributed by atoms with Crippen LogP contribution in [0.25, 0.3) is 0 Å². The Hall–Kier alpha value is -2.66. The third kappa shape index (κ3) is 4.93. The summed E-state index contributed by atoms with van der Waals surface area (Å²) in [5.74, 6) is -0.334. The maximum Gasteiger partial charge on any atom is 0.251 e. The molecule has 0 unspecified atom stereocenters. The lowest BCUT2D eigenvalue weighted by atomic mass is 10.1. The zero-order valence-electron chi connectivity index (χ0n) is 13.3. The molecule has 0 bridgehead atoms. The first kappa shape index (κ1) is 16.7. The van der Waals surface area contributed by atoms with E-state index in [4.69, 9.17) is 0 Å². The summed E-state index contributed by atoms with van der Waals surface area (Å²) in [5, 5.41) is 8.52. The van der Waals surface area contributed by atoms with Crippen molar-refractivity contribution in [3.05, 3.63) is 65.7 Å². The van der Waals surface area contributed by atoms with Crippen molar-refractivity contribution in [2.24, 2.45) is 0 Å². The van der Waals surface area contributed by atoms with Crippen LogP contribution in [0.15, 0.2) is 54.6 Å². The highest BCUT2D eigenvalue weighted by Gasteiger charge is 2.09. The van der Waals surface area contributed by atoms with Gasteiger partial charge >= 0.3 is 0 Å². The Kier molecular flexibility index (Phi) is 5.88. The maximum atomic E-state index is 12.0. The molecule has 5 heteroatoms. The molecule has 1 atom stereocenters. The number of anilines is 1. The van der Waals surface area contributed by atoms with Crippen molar-refractivity contribution in [3.8, 4) is 0 Å². The third-order valence-electron chi connectivity index (χ3n) is 3.50. The first-order valence-electron chi connectivity index (χ1n) is 7.50. The second kappa shape index (κ2) is 8.10. The predicted molar refractivity (Wildman–Crippen MR) is 91.3 cm³/mol. The van der Waals surface area contributed by atoms with Crippen LogP contribution in [0.4, 0.5) is 5.69 Å². The molecule has 3 N–H and O–H groups in total. The number of hydrogen-bond acceptors (Lipinski definition) is 3. The molecular formula is C18H21N3O2. The van der Waals surface area contributed by atoms with Gasteiger partial charge in [0.15, 0.2) is 0 Å². The van der Waals surface area contributed by atoms with Gasteiger partial charge in [0.25, 0.3) is 5.91 Å². The molecule has 2 aromatic rings. The van der Waals surface area contributed by atoms with Crippen LogP contribution in [0, 0.1) is 0 Å². The highest BCUT2D eigenvalue weighted by Crippen LogP contribution is 2.12. The Morgan fingerprint density at radius 3 is 2.48 bits per heavy atom. The normalized spacial score (nSPS) is 11.6. The fraction of sp³-hybridized carbons (Fsp3) is 0.222. The summed E-state index contributed by atoms with van der Waals surface area (Å²) in [6.45, 7) is 2.20. The summed E-state index contributed by atoms with van der Waals surface area (Å²) in [5.41, 5.74) is 2.24. The summed E-state index contributed by atoms with van der Waals surface area (Å²) < 4.78 is 0. The second-order valence-electron chi connectivity index (χ2n) is 5.22. The van der Waals surface area contributed by atoms with E-state index >= 15 is 0 Å². The first-order valence-corrected chi connectivity index (χ1v) is 7.50. The molecule has 0 aliphatic heterocycles. The van der Waals surface area contributed by atoms with Crippen molar-refractivity contribution in [3.63, 3.8) is 0 Å². The van der Waals surface area contributed by atoms with E-state index in [1.807, 2.05) is 37.3 Å². The Balaban J connectivity index is 1.89. The van der Waals surface area contributed by atoms with Crippen LogP contribution in [-0.4, -0.2) is 25.4 Å². The van der Waals surface area contributed by atoms with Gasteiger partial charge < -0.3 is 16.0 Å². The van der Waals surface area contributed by atoms with Crippen molar-refractivity contribution in [1.29, 1.82) is 0 Å². The van der Waals surface area contributed by atoms with Crippen molar-refractivity contribution in [2.45, 2.75) is 13.0 Å². The maximum absolute atomic E-state index is 12.0. The number of carbonyl (C=O) groups excluding carboxylic acids is 2. The summed E-state index contributed by atoms with van der Waals surface area (Å²) in [6.07, 6.45) is 0. The summed E-state index contributed by atoms with van der Waals surface area (Å²) in [7, 11) is 1.57. The lowest BCUT2D eigenvalue weighted by Gasteiger charge is -2.14. The highest BCUT2D eigenvalue weighted by molar-refractivity contribution is 5.97. The topological polar surface area (TPSA) is 70.2 Å². The van der Waals surface area contributed by atoms with Crippen LogP contribution in [0.5, 0.6) is 0 Å². The predicted octanol–water partition coefficient (Wildman–Crippen LogP) is 2.34. The molecule has 0 aromatic heterocycles. The van der Waals surface area contributed by atoms with Gasteiger partial charge in [-0.2, -0.15) is 0 Å². The molecule has 0 heterocycles. The standard InChI is InChI=1S/C18H21N3O2/c1-13(14-7-4-3-5-8-14)20-12-17(22)21-16-10-6-9-15(11-16)18(23)19-2/h3-11,13,20H,12H2,1-2H3,(H,19,23)(H,21,22)/t13-/m1/s1. The van der Waals surface area contributed by atoms with E-state index in [1.165, 1.54) is 0 Å². The molecule has 0 saturated heterocycles. The van der Waals surface area contributed by atoms with Crippen molar-refractivity contribution in [2.75, 3.05) is 18.9 Å². The van der Waals surface area contributed by atoms with Crippen LogP contribution in [0.3, 0.4) is 0 Å². The third-order valence-corrected chi connectivity index (χ3v) is 3.50. The molecule has 0 spiro atoms. The molecule has 0 saturated carbocycles. The van der Waals surface area contributed by atoms with Crippen molar-refractivity contribution >= 4 is 17.5 Å². The van der Waals surface area contributed by atoms with E-state index in [1.54, 1.807) is 31.3 Å². The fourth-order valence-electron chi connectivity index (χ4n) is 2.19. The van der Waals surface area contributed by atoms with E-state index in [0.717, 1.165) is 5.56 Å². The molecule has 0 fully saturated rings.